The maximum absolute atomic E-state index is 12.4. The van der Waals surface area contributed by atoms with Crippen molar-refractivity contribution in [2.45, 2.75) is 38.6 Å². The van der Waals surface area contributed by atoms with Crippen LogP contribution >= 0.6 is 0 Å². The molecule has 0 aliphatic heterocycles. The van der Waals surface area contributed by atoms with E-state index in [4.69, 9.17) is 4.74 Å². The number of carbonyl (C=O) groups excluding carboxylic acids is 2. The molecule has 1 aromatic rings. The number of hydrogen-bond donors (Lipinski definition) is 1. The molecule has 144 valence electrons. The third-order valence-electron chi connectivity index (χ3n) is 4.51. The fraction of sp³-hybridized carbons (Fsp3) is 0.556. The maximum atomic E-state index is 12.4. The van der Waals surface area contributed by atoms with Crippen molar-refractivity contribution in [3.05, 3.63) is 29.8 Å². The third-order valence-corrected chi connectivity index (χ3v) is 6.58. The molecule has 0 radical (unpaired) electrons. The number of carbonyl (C=O) groups is 2. The van der Waals surface area contributed by atoms with Crippen LogP contribution in [0.3, 0.4) is 0 Å². The van der Waals surface area contributed by atoms with E-state index < -0.39 is 10.0 Å². The molecule has 2 atom stereocenters. The van der Waals surface area contributed by atoms with Crippen molar-refractivity contribution in [2.24, 2.45) is 11.8 Å². The first kappa shape index (κ1) is 20.4. The molecule has 0 heterocycles. The number of esters is 1. The topological polar surface area (TPSA) is 92.8 Å². The van der Waals surface area contributed by atoms with Crippen molar-refractivity contribution in [1.29, 1.82) is 0 Å². The van der Waals surface area contributed by atoms with Gasteiger partial charge in [0.25, 0.3) is 5.91 Å². The highest BCUT2D eigenvalue weighted by molar-refractivity contribution is 7.89. The largest absolute Gasteiger partial charge is 0.455 e. The van der Waals surface area contributed by atoms with Gasteiger partial charge in [0.15, 0.2) is 6.61 Å². The highest BCUT2D eigenvalue weighted by Gasteiger charge is 2.40. The number of rotatable bonds is 9. The Hall–Kier alpha value is -1.93. The Balaban J connectivity index is 1.83. The fourth-order valence-electron chi connectivity index (χ4n) is 2.64. The van der Waals surface area contributed by atoms with Gasteiger partial charge in [-0.1, -0.05) is 32.9 Å². The molecule has 1 aliphatic rings. The third kappa shape index (κ3) is 5.04. The average Bonchev–Trinajstić information content (AvgIpc) is 3.36. The first-order valence-corrected chi connectivity index (χ1v) is 10.3. The Morgan fingerprint density at radius 3 is 2.27 bits per heavy atom. The summed E-state index contributed by atoms with van der Waals surface area (Å²) in [6, 6.07) is 6.39. The van der Waals surface area contributed by atoms with Gasteiger partial charge in [-0.2, -0.15) is 4.31 Å². The number of nitrogens with zero attached hydrogens (tertiary/aromatic N) is 1. The van der Waals surface area contributed by atoms with Crippen LogP contribution in [0.15, 0.2) is 29.2 Å². The molecule has 0 saturated heterocycles. The normalized spacial score (nSPS) is 19.2. The molecule has 1 amide bonds. The molecule has 0 aromatic heterocycles. The molecule has 1 N–H and O–H groups in total. The summed E-state index contributed by atoms with van der Waals surface area (Å²) in [6.07, 6.45) is 0.823. The summed E-state index contributed by atoms with van der Waals surface area (Å²) < 4.78 is 31.2. The number of amides is 1. The maximum Gasteiger partial charge on any atom is 0.309 e. The molecule has 26 heavy (non-hydrogen) atoms. The molecule has 1 aromatic carbocycles. The van der Waals surface area contributed by atoms with Crippen molar-refractivity contribution in [3.63, 3.8) is 0 Å². The summed E-state index contributed by atoms with van der Waals surface area (Å²) >= 11 is 0. The van der Waals surface area contributed by atoms with Crippen LogP contribution in [0, 0.1) is 11.8 Å². The number of ether oxygens (including phenoxy) is 1. The molecule has 1 fully saturated rings. The zero-order valence-electron chi connectivity index (χ0n) is 15.4. The zero-order chi connectivity index (χ0) is 19.3. The van der Waals surface area contributed by atoms with Crippen LogP contribution in [0.1, 0.15) is 32.8 Å². The average molecular weight is 382 g/mol. The first-order valence-electron chi connectivity index (χ1n) is 8.82. The minimum atomic E-state index is -3.49. The highest BCUT2D eigenvalue weighted by Crippen LogP contribution is 2.38. The summed E-state index contributed by atoms with van der Waals surface area (Å²) in [5.41, 5.74) is 0.763. The lowest BCUT2D eigenvalue weighted by Crippen LogP contribution is -2.30. The molecular weight excluding hydrogens is 356 g/mol. The van der Waals surface area contributed by atoms with E-state index in [2.05, 4.69) is 5.32 Å². The van der Waals surface area contributed by atoms with E-state index in [1.54, 1.807) is 26.0 Å². The van der Waals surface area contributed by atoms with Crippen LogP contribution < -0.4 is 5.32 Å². The molecular formula is C18H26N2O5S. The van der Waals surface area contributed by atoms with Gasteiger partial charge in [-0.3, -0.25) is 9.59 Å². The van der Waals surface area contributed by atoms with Crippen molar-refractivity contribution >= 4 is 21.9 Å². The number of sulfonamides is 1. The lowest BCUT2D eigenvalue weighted by molar-refractivity contribution is -0.150. The second kappa shape index (κ2) is 8.64. The predicted octanol–water partition coefficient (Wildman–Crippen LogP) is 1.53. The summed E-state index contributed by atoms with van der Waals surface area (Å²) in [5.74, 6) is -0.426. The van der Waals surface area contributed by atoms with Crippen LogP contribution in [0.5, 0.6) is 0 Å². The smallest absolute Gasteiger partial charge is 0.309 e. The minimum absolute atomic E-state index is 0.0666. The molecule has 0 unspecified atom stereocenters. The van der Waals surface area contributed by atoms with E-state index in [0.29, 0.717) is 19.0 Å². The van der Waals surface area contributed by atoms with Gasteiger partial charge in [0.2, 0.25) is 10.0 Å². The number of benzene rings is 1. The minimum Gasteiger partial charge on any atom is -0.455 e. The van der Waals surface area contributed by atoms with Crippen LogP contribution in [-0.2, 0) is 30.9 Å². The Bertz CT molecular complexity index is 741. The van der Waals surface area contributed by atoms with Gasteiger partial charge in [0.05, 0.1) is 10.8 Å². The second-order valence-corrected chi connectivity index (χ2v) is 8.38. The van der Waals surface area contributed by atoms with Gasteiger partial charge < -0.3 is 10.1 Å². The molecule has 7 nitrogen and oxygen atoms in total. The standard InChI is InChI=1S/C18H26N2O5S/c1-4-20(5-2)26(23,24)15-8-6-14(7-9-15)11-19-17(21)12-25-18(22)16-10-13(16)3/h6-9,13,16H,4-5,10-12H2,1-3H3,(H,19,21)/t13-,16+/m0/s1. The quantitative estimate of drug-likeness (QED) is 0.654. The lowest BCUT2D eigenvalue weighted by Gasteiger charge is -2.18. The Morgan fingerprint density at radius 1 is 1.19 bits per heavy atom. The molecule has 1 aliphatic carbocycles. The van der Waals surface area contributed by atoms with Crippen molar-refractivity contribution in [1.82, 2.24) is 9.62 Å². The second-order valence-electron chi connectivity index (χ2n) is 6.44. The Kier molecular flexibility index (Phi) is 6.77. The summed E-state index contributed by atoms with van der Waals surface area (Å²) in [5, 5.41) is 2.65. The van der Waals surface area contributed by atoms with Gasteiger partial charge in [0.1, 0.15) is 0 Å². The zero-order valence-corrected chi connectivity index (χ0v) is 16.2. The number of hydrogen-bond acceptors (Lipinski definition) is 5. The predicted molar refractivity (Wildman–Crippen MR) is 96.6 cm³/mol. The van der Waals surface area contributed by atoms with Crippen LogP contribution in [0.2, 0.25) is 0 Å². The van der Waals surface area contributed by atoms with Gasteiger partial charge in [0, 0.05) is 19.6 Å². The monoisotopic (exact) mass is 382 g/mol. The van der Waals surface area contributed by atoms with E-state index in [-0.39, 0.29) is 35.8 Å². The molecule has 8 heteroatoms. The van der Waals surface area contributed by atoms with Gasteiger partial charge in [-0.05, 0) is 30.0 Å². The highest BCUT2D eigenvalue weighted by atomic mass is 32.2. The van der Waals surface area contributed by atoms with Crippen molar-refractivity contribution < 1.29 is 22.7 Å². The van der Waals surface area contributed by atoms with E-state index in [1.165, 1.54) is 16.4 Å². The van der Waals surface area contributed by atoms with Gasteiger partial charge in [-0.15, -0.1) is 0 Å². The van der Waals surface area contributed by atoms with Gasteiger partial charge in [-0.25, -0.2) is 8.42 Å². The fourth-order valence-corrected chi connectivity index (χ4v) is 4.10. The summed E-state index contributed by atoms with van der Waals surface area (Å²) in [7, 11) is -3.49. The molecule has 0 spiro atoms. The van der Waals surface area contributed by atoms with Crippen LogP contribution in [0.4, 0.5) is 0 Å². The molecule has 0 bridgehead atoms. The van der Waals surface area contributed by atoms with Gasteiger partial charge >= 0.3 is 5.97 Å². The summed E-state index contributed by atoms with van der Waals surface area (Å²) in [4.78, 5) is 23.5. The van der Waals surface area contributed by atoms with E-state index in [9.17, 15) is 18.0 Å². The van der Waals surface area contributed by atoms with Crippen molar-refractivity contribution in [3.8, 4) is 0 Å². The Labute approximate surface area is 154 Å². The lowest BCUT2D eigenvalue weighted by atomic mass is 10.2. The van der Waals surface area contributed by atoms with Crippen LogP contribution in [0.25, 0.3) is 0 Å². The Morgan fingerprint density at radius 2 is 1.77 bits per heavy atom. The number of nitrogens with one attached hydrogen (secondary N) is 1. The molecule has 1 saturated carbocycles. The summed E-state index contributed by atoms with van der Waals surface area (Å²) in [6.45, 7) is 6.32. The SMILES string of the molecule is CCN(CC)S(=O)(=O)c1ccc(CNC(=O)COC(=O)[C@@H]2C[C@@H]2C)cc1. The van der Waals surface area contributed by atoms with E-state index in [1.807, 2.05) is 6.92 Å². The first-order chi connectivity index (χ1) is 12.3. The van der Waals surface area contributed by atoms with Crippen LogP contribution in [-0.4, -0.2) is 44.3 Å². The van der Waals surface area contributed by atoms with E-state index in [0.717, 1.165) is 12.0 Å². The van der Waals surface area contributed by atoms with E-state index >= 15 is 0 Å². The molecule has 2 rings (SSSR count). The van der Waals surface area contributed by atoms with Crippen molar-refractivity contribution in [2.75, 3.05) is 19.7 Å².